The van der Waals surface area contributed by atoms with Gasteiger partial charge in [-0.25, -0.2) is 0 Å². The van der Waals surface area contributed by atoms with Gasteiger partial charge in [-0.05, 0) is 116 Å². The van der Waals surface area contributed by atoms with Crippen molar-refractivity contribution in [2.75, 3.05) is 26.8 Å². The third kappa shape index (κ3) is 29.5. The predicted molar refractivity (Wildman–Crippen MR) is 209 cm³/mol. The van der Waals surface area contributed by atoms with E-state index in [-0.39, 0.29) is 6.10 Å². The van der Waals surface area contributed by atoms with Gasteiger partial charge in [-0.1, -0.05) is 140 Å². The van der Waals surface area contributed by atoms with Crippen LogP contribution >= 0.6 is 0 Å². The first-order chi connectivity index (χ1) is 23.3. The summed E-state index contributed by atoms with van der Waals surface area (Å²) in [6.45, 7) is 7.44. The molecule has 1 fully saturated rings. The van der Waals surface area contributed by atoms with E-state index in [9.17, 15) is 0 Å². The molecule has 0 amide bonds. The highest BCUT2D eigenvalue weighted by Crippen LogP contribution is 2.29. The standard InChI is InChI=1S/C44H81NO2/c1-4-6-8-10-12-14-16-18-20-22-24-26-28-30-32-34-38-46-43-37-36-42(41-45-3)40-44(43)47-39-35-33-31-29-27-25-23-21-19-17-15-13-11-9-7-5-2/h12-15,18-21,42-45H,4-11,16-17,22-41H2,1-3H3/b14-12-,15-13-,20-18-,21-19-/t42-,43+,44-/m1/s1. The summed E-state index contributed by atoms with van der Waals surface area (Å²) < 4.78 is 13.0. The fourth-order valence-corrected chi connectivity index (χ4v) is 6.67. The molecule has 0 aliphatic heterocycles. The van der Waals surface area contributed by atoms with Gasteiger partial charge in [0.1, 0.15) is 0 Å². The average molecular weight is 656 g/mol. The van der Waals surface area contributed by atoms with Crippen molar-refractivity contribution < 1.29 is 9.47 Å². The molecule has 1 aliphatic carbocycles. The van der Waals surface area contributed by atoms with Crippen LogP contribution in [0, 0.1) is 5.92 Å². The van der Waals surface area contributed by atoms with Crippen LogP contribution in [0.1, 0.15) is 187 Å². The Labute approximate surface area is 294 Å². The van der Waals surface area contributed by atoms with E-state index in [2.05, 4.69) is 74.8 Å². The van der Waals surface area contributed by atoms with E-state index in [1.165, 1.54) is 148 Å². The van der Waals surface area contributed by atoms with Gasteiger partial charge in [0.2, 0.25) is 0 Å². The van der Waals surface area contributed by atoms with Crippen LogP contribution in [-0.4, -0.2) is 39.0 Å². The fraction of sp³-hybridized carbons (Fsp3) is 0.818. The molecular formula is C44H81NO2. The van der Waals surface area contributed by atoms with Crippen molar-refractivity contribution >= 4 is 0 Å². The second kappa shape index (κ2) is 36.1. The van der Waals surface area contributed by atoms with E-state index in [0.717, 1.165) is 51.4 Å². The molecule has 0 bridgehead atoms. The molecule has 0 unspecified atom stereocenters. The highest BCUT2D eigenvalue weighted by molar-refractivity contribution is 4.93. The molecular weight excluding hydrogens is 574 g/mol. The van der Waals surface area contributed by atoms with E-state index >= 15 is 0 Å². The molecule has 1 saturated carbocycles. The number of rotatable bonds is 34. The summed E-state index contributed by atoms with van der Waals surface area (Å²) >= 11 is 0. The van der Waals surface area contributed by atoms with E-state index < -0.39 is 0 Å². The number of nitrogens with one attached hydrogen (secondary N) is 1. The summed E-state index contributed by atoms with van der Waals surface area (Å²) in [5, 5.41) is 3.39. The summed E-state index contributed by atoms with van der Waals surface area (Å²) in [6.07, 6.45) is 53.9. The molecule has 1 aliphatic rings. The van der Waals surface area contributed by atoms with Crippen molar-refractivity contribution in [1.82, 2.24) is 5.32 Å². The molecule has 0 heterocycles. The minimum absolute atomic E-state index is 0.282. The molecule has 3 heteroatoms. The zero-order valence-corrected chi connectivity index (χ0v) is 31.9. The SMILES string of the molecule is CCCCC/C=C\C/C=C\CCCCCCCCO[C@H]1CC[C@@H](CNC)C[C@H]1OCCCCCCCC/C=C\C/C=C\CCCCC. The quantitative estimate of drug-likeness (QED) is 0.0553. The predicted octanol–water partition coefficient (Wildman–Crippen LogP) is 13.4. The van der Waals surface area contributed by atoms with Gasteiger partial charge in [0.05, 0.1) is 12.2 Å². The van der Waals surface area contributed by atoms with Crippen LogP contribution in [0.4, 0.5) is 0 Å². The molecule has 274 valence electrons. The molecule has 3 nitrogen and oxygen atoms in total. The van der Waals surface area contributed by atoms with Crippen molar-refractivity contribution in [3.8, 4) is 0 Å². The minimum atomic E-state index is 0.282. The Morgan fingerprint density at radius 2 is 0.872 bits per heavy atom. The Morgan fingerprint density at radius 1 is 0.468 bits per heavy atom. The smallest absolute Gasteiger partial charge is 0.0839 e. The number of hydrogen-bond acceptors (Lipinski definition) is 3. The molecule has 0 saturated heterocycles. The van der Waals surface area contributed by atoms with Crippen LogP contribution in [0.25, 0.3) is 0 Å². The van der Waals surface area contributed by atoms with Crippen LogP contribution in [0.2, 0.25) is 0 Å². The lowest BCUT2D eigenvalue weighted by Gasteiger charge is -2.36. The summed E-state index contributed by atoms with van der Waals surface area (Å²) in [5.74, 6) is 0.725. The Balaban J connectivity index is 2.04. The summed E-state index contributed by atoms with van der Waals surface area (Å²) in [6, 6.07) is 0. The lowest BCUT2D eigenvalue weighted by atomic mass is 9.85. The molecule has 47 heavy (non-hydrogen) atoms. The molecule has 0 spiro atoms. The van der Waals surface area contributed by atoms with Crippen molar-refractivity contribution in [3.05, 3.63) is 48.6 Å². The van der Waals surface area contributed by atoms with Crippen LogP contribution in [-0.2, 0) is 9.47 Å². The molecule has 3 atom stereocenters. The van der Waals surface area contributed by atoms with Crippen LogP contribution < -0.4 is 5.32 Å². The maximum absolute atomic E-state index is 6.50. The van der Waals surface area contributed by atoms with Gasteiger partial charge < -0.3 is 14.8 Å². The highest BCUT2D eigenvalue weighted by Gasteiger charge is 2.31. The minimum Gasteiger partial charge on any atom is -0.376 e. The third-order valence-electron chi connectivity index (χ3n) is 9.69. The van der Waals surface area contributed by atoms with E-state index in [1.54, 1.807) is 0 Å². The number of hydrogen-bond donors (Lipinski definition) is 1. The van der Waals surface area contributed by atoms with Crippen LogP contribution in [0.3, 0.4) is 0 Å². The summed E-state index contributed by atoms with van der Waals surface area (Å²) in [4.78, 5) is 0. The van der Waals surface area contributed by atoms with Crippen molar-refractivity contribution in [1.29, 1.82) is 0 Å². The van der Waals surface area contributed by atoms with E-state index in [1.807, 2.05) is 0 Å². The maximum Gasteiger partial charge on any atom is 0.0839 e. The number of allylic oxidation sites excluding steroid dienone is 8. The van der Waals surface area contributed by atoms with Gasteiger partial charge in [-0.2, -0.15) is 0 Å². The molecule has 1 N–H and O–H groups in total. The molecule has 0 aromatic rings. The van der Waals surface area contributed by atoms with Gasteiger partial charge >= 0.3 is 0 Å². The first-order valence-electron chi connectivity index (χ1n) is 20.8. The second-order valence-electron chi connectivity index (χ2n) is 14.2. The molecule has 0 aromatic carbocycles. The van der Waals surface area contributed by atoms with Gasteiger partial charge in [-0.15, -0.1) is 0 Å². The van der Waals surface area contributed by atoms with Crippen LogP contribution in [0.5, 0.6) is 0 Å². The largest absolute Gasteiger partial charge is 0.376 e. The van der Waals surface area contributed by atoms with E-state index in [4.69, 9.17) is 9.47 Å². The Bertz CT molecular complexity index is 741. The summed E-state index contributed by atoms with van der Waals surface area (Å²) in [5.41, 5.74) is 0. The monoisotopic (exact) mass is 656 g/mol. The zero-order chi connectivity index (χ0) is 33.7. The van der Waals surface area contributed by atoms with Gasteiger partial charge in [0, 0.05) is 13.2 Å². The average Bonchev–Trinajstić information content (AvgIpc) is 3.08. The van der Waals surface area contributed by atoms with Gasteiger partial charge in [-0.3, -0.25) is 0 Å². The topological polar surface area (TPSA) is 30.5 Å². The molecule has 0 radical (unpaired) electrons. The molecule has 0 aromatic heterocycles. The fourth-order valence-electron chi connectivity index (χ4n) is 6.67. The van der Waals surface area contributed by atoms with Gasteiger partial charge in [0.15, 0.2) is 0 Å². The number of unbranched alkanes of at least 4 members (excludes halogenated alkanes) is 18. The first kappa shape index (κ1) is 43.9. The van der Waals surface area contributed by atoms with Crippen molar-refractivity contribution in [3.63, 3.8) is 0 Å². The van der Waals surface area contributed by atoms with Crippen molar-refractivity contribution in [2.45, 2.75) is 199 Å². The molecule has 1 rings (SSSR count). The van der Waals surface area contributed by atoms with Gasteiger partial charge in [0.25, 0.3) is 0 Å². The normalized spacial score (nSPS) is 19.0. The Hall–Kier alpha value is -1.16. The Kier molecular flexibility index (Phi) is 33.7. The Morgan fingerprint density at radius 3 is 1.32 bits per heavy atom. The third-order valence-corrected chi connectivity index (χ3v) is 9.69. The van der Waals surface area contributed by atoms with Crippen molar-refractivity contribution in [2.24, 2.45) is 5.92 Å². The zero-order valence-electron chi connectivity index (χ0n) is 31.9. The summed E-state index contributed by atoms with van der Waals surface area (Å²) in [7, 11) is 2.08. The van der Waals surface area contributed by atoms with Crippen LogP contribution in [0.15, 0.2) is 48.6 Å². The highest BCUT2D eigenvalue weighted by atomic mass is 16.5. The maximum atomic E-state index is 6.50. The number of ether oxygens (including phenoxy) is 2. The second-order valence-corrected chi connectivity index (χ2v) is 14.2. The first-order valence-corrected chi connectivity index (χ1v) is 20.8. The van der Waals surface area contributed by atoms with E-state index in [0.29, 0.717) is 6.10 Å². The lowest BCUT2D eigenvalue weighted by molar-refractivity contribution is -0.103. The lowest BCUT2D eigenvalue weighted by Crippen LogP contribution is -2.40.